The van der Waals surface area contributed by atoms with E-state index in [2.05, 4.69) is 25.6 Å². The molecule has 2 rings (SSSR count). The SMILES string of the molecule is CCC[C@H](C(=O)O)C(CCc1ccc(N)nc1)c1nn[nH]n1. The summed E-state index contributed by atoms with van der Waals surface area (Å²) in [6, 6.07) is 3.63. The van der Waals surface area contributed by atoms with E-state index in [0.717, 1.165) is 12.0 Å². The Morgan fingerprint density at radius 1 is 1.41 bits per heavy atom. The van der Waals surface area contributed by atoms with Crippen molar-refractivity contribution in [1.82, 2.24) is 25.6 Å². The van der Waals surface area contributed by atoms with Crippen molar-refractivity contribution >= 4 is 11.8 Å². The number of pyridine rings is 1. The van der Waals surface area contributed by atoms with Crippen LogP contribution in [0.25, 0.3) is 0 Å². The highest BCUT2D eigenvalue weighted by Gasteiger charge is 2.31. The molecule has 0 saturated heterocycles. The molecule has 4 N–H and O–H groups in total. The van der Waals surface area contributed by atoms with Gasteiger partial charge in [0.1, 0.15) is 5.82 Å². The molecule has 1 unspecified atom stereocenters. The number of aromatic nitrogens is 5. The smallest absolute Gasteiger partial charge is 0.307 e. The van der Waals surface area contributed by atoms with E-state index in [0.29, 0.717) is 30.9 Å². The summed E-state index contributed by atoms with van der Waals surface area (Å²) >= 11 is 0. The van der Waals surface area contributed by atoms with Gasteiger partial charge in [-0.3, -0.25) is 4.79 Å². The van der Waals surface area contributed by atoms with Gasteiger partial charge >= 0.3 is 5.97 Å². The molecular weight excluding hydrogens is 284 g/mol. The number of nitrogens with one attached hydrogen (secondary N) is 1. The van der Waals surface area contributed by atoms with E-state index in [1.54, 1.807) is 12.3 Å². The number of H-pyrrole nitrogens is 1. The summed E-state index contributed by atoms with van der Waals surface area (Å²) in [7, 11) is 0. The predicted molar refractivity (Wildman–Crippen MR) is 79.9 cm³/mol. The van der Waals surface area contributed by atoms with Crippen LogP contribution in [0.3, 0.4) is 0 Å². The van der Waals surface area contributed by atoms with Gasteiger partial charge in [-0.15, -0.1) is 10.2 Å². The fourth-order valence-corrected chi connectivity index (χ4v) is 2.55. The first-order chi connectivity index (χ1) is 10.6. The molecule has 0 aliphatic heterocycles. The number of tetrazole rings is 1. The van der Waals surface area contributed by atoms with Crippen molar-refractivity contribution in [3.05, 3.63) is 29.7 Å². The van der Waals surface area contributed by atoms with Crippen molar-refractivity contribution in [3.63, 3.8) is 0 Å². The summed E-state index contributed by atoms with van der Waals surface area (Å²) in [6.45, 7) is 1.97. The third-order valence-electron chi connectivity index (χ3n) is 3.69. The van der Waals surface area contributed by atoms with Crippen molar-refractivity contribution in [2.75, 3.05) is 5.73 Å². The van der Waals surface area contributed by atoms with Crippen molar-refractivity contribution in [3.8, 4) is 0 Å². The molecule has 0 spiro atoms. The number of rotatable bonds is 8. The number of aromatic amines is 1. The third-order valence-corrected chi connectivity index (χ3v) is 3.69. The summed E-state index contributed by atoms with van der Waals surface area (Å²) in [6.07, 6.45) is 4.36. The van der Waals surface area contributed by atoms with Crippen LogP contribution in [0.15, 0.2) is 18.3 Å². The summed E-state index contributed by atoms with van der Waals surface area (Å²) in [5.41, 5.74) is 6.57. The second kappa shape index (κ2) is 7.48. The molecule has 0 fully saturated rings. The van der Waals surface area contributed by atoms with Crippen molar-refractivity contribution in [2.45, 2.75) is 38.5 Å². The van der Waals surface area contributed by atoms with Crippen LogP contribution in [-0.4, -0.2) is 36.7 Å². The van der Waals surface area contributed by atoms with E-state index in [-0.39, 0.29) is 5.92 Å². The molecule has 0 aromatic carbocycles. The van der Waals surface area contributed by atoms with E-state index < -0.39 is 11.9 Å². The van der Waals surface area contributed by atoms with Crippen molar-refractivity contribution in [2.24, 2.45) is 5.92 Å². The molecule has 2 aromatic heterocycles. The molecule has 0 aliphatic carbocycles. The standard InChI is InChI=1S/C14H20N6O2/c1-2-3-11(14(21)22)10(13-17-19-20-18-13)6-4-9-5-7-12(15)16-8-9/h5,7-8,10-11H,2-4,6H2,1H3,(H2,15,16)(H,21,22)(H,17,18,19,20)/t10?,11-/m0/s1. The number of nitrogens with two attached hydrogens (primary N) is 1. The van der Waals surface area contributed by atoms with Crippen LogP contribution in [0, 0.1) is 5.92 Å². The summed E-state index contributed by atoms with van der Waals surface area (Å²) < 4.78 is 0. The van der Waals surface area contributed by atoms with Crippen LogP contribution >= 0.6 is 0 Å². The Kier molecular flexibility index (Phi) is 5.40. The molecule has 22 heavy (non-hydrogen) atoms. The number of nitrogens with zero attached hydrogens (tertiary/aromatic N) is 4. The van der Waals surface area contributed by atoms with Gasteiger partial charge in [-0.1, -0.05) is 24.6 Å². The van der Waals surface area contributed by atoms with Gasteiger partial charge in [0.05, 0.1) is 5.92 Å². The molecule has 0 bridgehead atoms. The summed E-state index contributed by atoms with van der Waals surface area (Å²) in [5, 5.41) is 23.4. The molecule has 118 valence electrons. The Morgan fingerprint density at radius 2 is 2.23 bits per heavy atom. The molecule has 2 atom stereocenters. The number of carboxylic acid groups (broad SMARTS) is 1. The lowest BCUT2D eigenvalue weighted by Gasteiger charge is -2.20. The molecule has 8 nitrogen and oxygen atoms in total. The molecule has 0 radical (unpaired) electrons. The van der Waals surface area contributed by atoms with E-state index >= 15 is 0 Å². The number of carboxylic acids is 1. The zero-order valence-electron chi connectivity index (χ0n) is 12.4. The van der Waals surface area contributed by atoms with Gasteiger partial charge in [0, 0.05) is 12.1 Å². The Balaban J connectivity index is 2.14. The van der Waals surface area contributed by atoms with Crippen LogP contribution in [0.5, 0.6) is 0 Å². The fraction of sp³-hybridized carbons (Fsp3) is 0.500. The first-order valence-electron chi connectivity index (χ1n) is 7.28. The van der Waals surface area contributed by atoms with Crippen LogP contribution in [0.2, 0.25) is 0 Å². The summed E-state index contributed by atoms with van der Waals surface area (Å²) in [5.74, 6) is -0.720. The molecule has 0 aliphatic rings. The van der Waals surface area contributed by atoms with Gasteiger partial charge in [-0.25, -0.2) is 4.98 Å². The number of anilines is 1. The molecule has 2 aromatic rings. The number of nitrogen functional groups attached to an aromatic ring is 1. The average molecular weight is 304 g/mol. The Labute approximate surface area is 128 Å². The van der Waals surface area contributed by atoms with E-state index in [1.165, 1.54) is 0 Å². The zero-order valence-corrected chi connectivity index (χ0v) is 12.4. The topological polar surface area (TPSA) is 131 Å². The maximum Gasteiger partial charge on any atom is 0.307 e. The molecule has 0 saturated carbocycles. The minimum Gasteiger partial charge on any atom is -0.481 e. The van der Waals surface area contributed by atoms with Crippen LogP contribution < -0.4 is 5.73 Å². The zero-order chi connectivity index (χ0) is 15.9. The second-order valence-electron chi connectivity index (χ2n) is 5.24. The molecule has 2 heterocycles. The maximum atomic E-state index is 11.6. The van der Waals surface area contributed by atoms with E-state index in [1.807, 2.05) is 13.0 Å². The van der Waals surface area contributed by atoms with Crippen LogP contribution in [0.1, 0.15) is 43.5 Å². The number of hydrogen-bond acceptors (Lipinski definition) is 6. The predicted octanol–water partition coefficient (Wildman–Crippen LogP) is 1.39. The van der Waals surface area contributed by atoms with Crippen molar-refractivity contribution in [1.29, 1.82) is 0 Å². The lowest BCUT2D eigenvalue weighted by atomic mass is 9.84. The van der Waals surface area contributed by atoms with Gasteiger partial charge in [0.2, 0.25) is 0 Å². The van der Waals surface area contributed by atoms with Crippen LogP contribution in [-0.2, 0) is 11.2 Å². The number of aliphatic carboxylic acids is 1. The minimum absolute atomic E-state index is 0.284. The molecular formula is C14H20N6O2. The Morgan fingerprint density at radius 3 is 2.77 bits per heavy atom. The second-order valence-corrected chi connectivity index (χ2v) is 5.24. The van der Waals surface area contributed by atoms with E-state index in [4.69, 9.17) is 5.73 Å². The highest BCUT2D eigenvalue weighted by atomic mass is 16.4. The molecule has 8 heteroatoms. The first-order valence-corrected chi connectivity index (χ1v) is 7.28. The monoisotopic (exact) mass is 304 g/mol. The van der Waals surface area contributed by atoms with E-state index in [9.17, 15) is 9.90 Å². The van der Waals surface area contributed by atoms with Gasteiger partial charge in [-0.05, 0) is 30.9 Å². The Hall–Kier alpha value is -2.51. The largest absolute Gasteiger partial charge is 0.481 e. The maximum absolute atomic E-state index is 11.6. The Bertz CT molecular complexity index is 584. The van der Waals surface area contributed by atoms with Gasteiger partial charge in [-0.2, -0.15) is 5.21 Å². The van der Waals surface area contributed by atoms with Crippen molar-refractivity contribution < 1.29 is 9.90 Å². The number of hydrogen-bond donors (Lipinski definition) is 3. The van der Waals surface area contributed by atoms with Crippen LogP contribution in [0.4, 0.5) is 5.82 Å². The summed E-state index contributed by atoms with van der Waals surface area (Å²) in [4.78, 5) is 15.6. The highest BCUT2D eigenvalue weighted by Crippen LogP contribution is 2.30. The fourth-order valence-electron chi connectivity index (χ4n) is 2.55. The van der Waals surface area contributed by atoms with Gasteiger partial charge in [0.25, 0.3) is 0 Å². The molecule has 0 amide bonds. The average Bonchev–Trinajstić information content (AvgIpc) is 3.02. The lowest BCUT2D eigenvalue weighted by Crippen LogP contribution is -2.23. The quantitative estimate of drug-likeness (QED) is 0.671. The van der Waals surface area contributed by atoms with Gasteiger partial charge in [0.15, 0.2) is 5.82 Å². The first kappa shape index (κ1) is 15.9. The van der Waals surface area contributed by atoms with Gasteiger partial charge < -0.3 is 10.8 Å². The normalized spacial score (nSPS) is 13.7. The number of aryl methyl sites for hydroxylation is 1. The third kappa shape index (κ3) is 4.00. The highest BCUT2D eigenvalue weighted by molar-refractivity contribution is 5.71. The lowest BCUT2D eigenvalue weighted by molar-refractivity contribution is -0.143. The number of carbonyl (C=O) groups is 1. The minimum atomic E-state index is -0.827.